The number of rotatable bonds is 8. The van der Waals surface area contributed by atoms with E-state index in [1.807, 2.05) is 18.2 Å². The number of anilines is 1. The molecule has 0 saturated heterocycles. The van der Waals surface area contributed by atoms with Crippen LogP contribution in [0.5, 0.6) is 0 Å². The molecule has 0 saturated carbocycles. The standard InChI is InChI=1S/C20H24N2O5S/c1-15(19(23)22(2)18-7-5-4-6-8-18)27-20(24)17-11-9-16(10-12-17)13-14-21-28(3,25)26/h4-12,15,21H,13-14H2,1-3H3. The van der Waals surface area contributed by atoms with Crippen molar-refractivity contribution in [1.82, 2.24) is 4.72 Å². The van der Waals surface area contributed by atoms with Gasteiger partial charge in [0.25, 0.3) is 5.91 Å². The van der Waals surface area contributed by atoms with Gasteiger partial charge in [-0.25, -0.2) is 17.9 Å². The van der Waals surface area contributed by atoms with Crippen LogP contribution in [0.3, 0.4) is 0 Å². The van der Waals surface area contributed by atoms with Gasteiger partial charge in [-0.15, -0.1) is 0 Å². The van der Waals surface area contributed by atoms with Crippen LogP contribution in [0.25, 0.3) is 0 Å². The zero-order chi connectivity index (χ0) is 20.7. The average molecular weight is 404 g/mol. The maximum atomic E-state index is 12.5. The number of esters is 1. The molecule has 2 aromatic carbocycles. The first-order valence-electron chi connectivity index (χ1n) is 8.74. The number of para-hydroxylation sites is 1. The second-order valence-electron chi connectivity index (χ2n) is 6.39. The summed E-state index contributed by atoms with van der Waals surface area (Å²) < 4.78 is 29.8. The molecule has 1 amide bonds. The fourth-order valence-electron chi connectivity index (χ4n) is 2.52. The Bertz CT molecular complexity index is 911. The first-order chi connectivity index (χ1) is 13.2. The summed E-state index contributed by atoms with van der Waals surface area (Å²) in [6.45, 7) is 1.81. The molecule has 0 heterocycles. The number of carbonyl (C=O) groups is 2. The molecule has 7 nitrogen and oxygen atoms in total. The highest BCUT2D eigenvalue weighted by atomic mass is 32.2. The number of likely N-dealkylation sites (N-methyl/N-ethyl adjacent to an activating group) is 1. The van der Waals surface area contributed by atoms with Crippen molar-refractivity contribution < 1.29 is 22.7 Å². The summed E-state index contributed by atoms with van der Waals surface area (Å²) in [6, 6.07) is 15.7. The summed E-state index contributed by atoms with van der Waals surface area (Å²) in [7, 11) is -1.60. The summed E-state index contributed by atoms with van der Waals surface area (Å²) in [5.74, 6) is -0.925. The van der Waals surface area contributed by atoms with Gasteiger partial charge in [-0.3, -0.25) is 4.79 Å². The van der Waals surface area contributed by atoms with Crippen molar-refractivity contribution in [2.45, 2.75) is 19.4 Å². The molecule has 2 aromatic rings. The van der Waals surface area contributed by atoms with E-state index in [0.29, 0.717) is 17.7 Å². The first kappa shape index (κ1) is 21.6. The van der Waals surface area contributed by atoms with Crippen molar-refractivity contribution in [2.24, 2.45) is 0 Å². The maximum absolute atomic E-state index is 12.5. The van der Waals surface area contributed by atoms with Crippen LogP contribution in [-0.2, 0) is 26.0 Å². The Labute approximate surface area is 165 Å². The topological polar surface area (TPSA) is 92.8 Å². The number of nitrogens with zero attached hydrogens (tertiary/aromatic N) is 1. The fraction of sp³-hybridized carbons (Fsp3) is 0.300. The van der Waals surface area contributed by atoms with Crippen LogP contribution in [0, 0.1) is 0 Å². The van der Waals surface area contributed by atoms with E-state index in [9.17, 15) is 18.0 Å². The Morgan fingerprint density at radius 1 is 1.07 bits per heavy atom. The maximum Gasteiger partial charge on any atom is 0.338 e. The van der Waals surface area contributed by atoms with Crippen LogP contribution in [0.4, 0.5) is 5.69 Å². The monoisotopic (exact) mass is 404 g/mol. The van der Waals surface area contributed by atoms with Gasteiger partial charge in [-0.2, -0.15) is 0 Å². The fourth-order valence-corrected chi connectivity index (χ4v) is 2.99. The molecule has 8 heteroatoms. The van der Waals surface area contributed by atoms with E-state index in [2.05, 4.69) is 4.72 Å². The summed E-state index contributed by atoms with van der Waals surface area (Å²) in [5, 5.41) is 0. The minimum atomic E-state index is -3.22. The Morgan fingerprint density at radius 2 is 1.68 bits per heavy atom. The molecule has 0 aliphatic rings. The smallest absolute Gasteiger partial charge is 0.338 e. The van der Waals surface area contributed by atoms with Crippen LogP contribution in [0.15, 0.2) is 54.6 Å². The molecular weight excluding hydrogens is 380 g/mol. The van der Waals surface area contributed by atoms with Crippen molar-refractivity contribution in [3.05, 3.63) is 65.7 Å². The van der Waals surface area contributed by atoms with E-state index in [0.717, 1.165) is 11.8 Å². The molecular formula is C20H24N2O5S. The van der Waals surface area contributed by atoms with Crippen molar-refractivity contribution in [3.63, 3.8) is 0 Å². The number of ether oxygens (including phenoxy) is 1. The van der Waals surface area contributed by atoms with Gasteiger partial charge in [0, 0.05) is 19.3 Å². The average Bonchev–Trinajstić information content (AvgIpc) is 2.67. The number of hydrogen-bond acceptors (Lipinski definition) is 5. The lowest BCUT2D eigenvalue weighted by atomic mass is 10.1. The highest BCUT2D eigenvalue weighted by Gasteiger charge is 2.23. The lowest BCUT2D eigenvalue weighted by Crippen LogP contribution is -2.37. The molecule has 1 unspecified atom stereocenters. The molecule has 0 aliphatic carbocycles. The molecule has 0 spiro atoms. The third-order valence-corrected chi connectivity index (χ3v) is 4.80. The highest BCUT2D eigenvalue weighted by Crippen LogP contribution is 2.14. The van der Waals surface area contributed by atoms with Gasteiger partial charge < -0.3 is 9.64 Å². The molecule has 1 N–H and O–H groups in total. The number of nitrogens with one attached hydrogen (secondary N) is 1. The zero-order valence-corrected chi connectivity index (χ0v) is 16.9. The second kappa shape index (κ2) is 9.48. The van der Waals surface area contributed by atoms with Crippen LogP contribution < -0.4 is 9.62 Å². The molecule has 0 aromatic heterocycles. The summed E-state index contributed by atoms with van der Waals surface area (Å²) >= 11 is 0. The third kappa shape index (κ3) is 6.47. The number of benzene rings is 2. The quantitative estimate of drug-likeness (QED) is 0.679. The number of hydrogen-bond donors (Lipinski definition) is 1. The molecule has 0 bridgehead atoms. The van der Waals surface area contributed by atoms with E-state index in [1.165, 1.54) is 11.8 Å². The molecule has 28 heavy (non-hydrogen) atoms. The van der Waals surface area contributed by atoms with Gasteiger partial charge in [0.1, 0.15) is 0 Å². The summed E-state index contributed by atoms with van der Waals surface area (Å²) in [4.78, 5) is 26.2. The van der Waals surface area contributed by atoms with Crippen molar-refractivity contribution in [3.8, 4) is 0 Å². The number of amides is 1. The number of sulfonamides is 1. The van der Waals surface area contributed by atoms with E-state index in [-0.39, 0.29) is 12.5 Å². The predicted molar refractivity (Wildman–Crippen MR) is 108 cm³/mol. The molecule has 0 aliphatic heterocycles. The predicted octanol–water partition coefficient (Wildman–Crippen LogP) is 1.99. The second-order valence-corrected chi connectivity index (χ2v) is 8.23. The Balaban J connectivity index is 1.92. The van der Waals surface area contributed by atoms with E-state index < -0.39 is 22.1 Å². The van der Waals surface area contributed by atoms with Gasteiger partial charge in [0.05, 0.1) is 11.8 Å². The van der Waals surface area contributed by atoms with Crippen molar-refractivity contribution in [1.29, 1.82) is 0 Å². The lowest BCUT2D eigenvalue weighted by Gasteiger charge is -2.21. The molecule has 0 radical (unpaired) electrons. The van der Waals surface area contributed by atoms with Crippen LogP contribution in [0.2, 0.25) is 0 Å². The largest absolute Gasteiger partial charge is 0.449 e. The van der Waals surface area contributed by atoms with Gasteiger partial charge in [-0.05, 0) is 43.2 Å². The minimum absolute atomic E-state index is 0.278. The van der Waals surface area contributed by atoms with Crippen LogP contribution in [0.1, 0.15) is 22.8 Å². The van der Waals surface area contributed by atoms with E-state index >= 15 is 0 Å². The highest BCUT2D eigenvalue weighted by molar-refractivity contribution is 7.88. The number of carbonyl (C=O) groups excluding carboxylic acids is 2. The van der Waals surface area contributed by atoms with Crippen LogP contribution >= 0.6 is 0 Å². The van der Waals surface area contributed by atoms with E-state index in [1.54, 1.807) is 43.4 Å². The summed E-state index contributed by atoms with van der Waals surface area (Å²) in [6.07, 6.45) is 0.666. The minimum Gasteiger partial charge on any atom is -0.449 e. The normalized spacial score (nSPS) is 12.2. The van der Waals surface area contributed by atoms with Crippen molar-refractivity contribution >= 4 is 27.6 Å². The first-order valence-corrected chi connectivity index (χ1v) is 10.6. The van der Waals surface area contributed by atoms with Crippen molar-refractivity contribution in [2.75, 3.05) is 24.7 Å². The Morgan fingerprint density at radius 3 is 2.25 bits per heavy atom. The van der Waals surface area contributed by atoms with E-state index in [4.69, 9.17) is 4.74 Å². The third-order valence-electron chi connectivity index (χ3n) is 4.07. The molecule has 2 rings (SSSR count). The summed E-state index contributed by atoms with van der Waals surface area (Å²) in [5.41, 5.74) is 1.91. The Hall–Kier alpha value is -2.71. The lowest BCUT2D eigenvalue weighted by molar-refractivity contribution is -0.126. The van der Waals surface area contributed by atoms with Gasteiger partial charge in [0.15, 0.2) is 6.10 Å². The zero-order valence-electron chi connectivity index (χ0n) is 16.1. The van der Waals surface area contributed by atoms with Gasteiger partial charge in [0.2, 0.25) is 10.0 Å². The SMILES string of the molecule is CC(OC(=O)c1ccc(CCNS(C)(=O)=O)cc1)C(=O)N(C)c1ccccc1. The molecule has 1 atom stereocenters. The van der Waals surface area contributed by atoms with Gasteiger partial charge in [-0.1, -0.05) is 30.3 Å². The van der Waals surface area contributed by atoms with Crippen LogP contribution in [-0.4, -0.2) is 46.2 Å². The molecule has 150 valence electrons. The molecule has 0 fully saturated rings. The van der Waals surface area contributed by atoms with Gasteiger partial charge >= 0.3 is 5.97 Å². The Kier molecular flexibility index (Phi) is 7.31.